The molecule has 0 unspecified atom stereocenters. The number of benzene rings is 3. The summed E-state index contributed by atoms with van der Waals surface area (Å²) < 4.78 is 34.4. The molecule has 0 radical (unpaired) electrons. The Hall–Kier alpha value is -3.89. The average Bonchev–Trinajstić information content (AvgIpc) is 2.82. The van der Waals surface area contributed by atoms with Crippen LogP contribution in [0.4, 0.5) is 5.69 Å². The maximum absolute atomic E-state index is 13.0. The van der Waals surface area contributed by atoms with E-state index in [4.69, 9.17) is 9.57 Å². The minimum atomic E-state index is -4.01. The van der Waals surface area contributed by atoms with Crippen molar-refractivity contribution in [2.24, 2.45) is 0 Å². The molecule has 2 N–H and O–H groups in total. The van der Waals surface area contributed by atoms with Gasteiger partial charge in [0.05, 0.1) is 24.1 Å². The first-order valence-corrected chi connectivity index (χ1v) is 11.8. The van der Waals surface area contributed by atoms with E-state index in [9.17, 15) is 23.1 Å². The van der Waals surface area contributed by atoms with Gasteiger partial charge >= 0.3 is 5.97 Å². The number of nitrogens with one attached hydrogen (secondary N) is 1. The van der Waals surface area contributed by atoms with Gasteiger partial charge in [0.2, 0.25) is 0 Å². The maximum Gasteiger partial charge on any atom is 0.307 e. The SMILES string of the molecule is CCN(OC)C(=O)c1ccc(Oc2ccccc2CC(=O)O)c(NS(=O)(=O)c2ccccc2)c1. The zero-order valence-corrected chi connectivity index (χ0v) is 19.4. The molecule has 0 saturated carbocycles. The van der Waals surface area contributed by atoms with Crippen molar-refractivity contribution >= 4 is 27.6 Å². The number of carbonyl (C=O) groups excluding carboxylic acids is 1. The summed E-state index contributed by atoms with van der Waals surface area (Å²) in [6, 6.07) is 18.5. The summed E-state index contributed by atoms with van der Waals surface area (Å²) in [5.41, 5.74) is 0.580. The Bertz CT molecular complexity index is 1270. The summed E-state index contributed by atoms with van der Waals surface area (Å²) in [6.45, 7) is 2.01. The maximum atomic E-state index is 13.0. The van der Waals surface area contributed by atoms with Gasteiger partial charge in [0.15, 0.2) is 5.75 Å². The van der Waals surface area contributed by atoms with Crippen molar-refractivity contribution in [1.82, 2.24) is 5.06 Å². The predicted octanol–water partition coefficient (Wildman–Crippen LogP) is 3.93. The number of sulfonamides is 1. The Labute approximate surface area is 197 Å². The molecule has 0 atom stereocenters. The van der Waals surface area contributed by atoms with Gasteiger partial charge in [-0.05, 0) is 43.3 Å². The number of carboxylic acids is 1. The van der Waals surface area contributed by atoms with E-state index in [1.165, 1.54) is 37.4 Å². The number of nitrogens with zero attached hydrogens (tertiary/aromatic N) is 1. The minimum Gasteiger partial charge on any atom is -0.481 e. The van der Waals surface area contributed by atoms with Crippen LogP contribution in [0.25, 0.3) is 0 Å². The summed E-state index contributed by atoms with van der Waals surface area (Å²) in [4.78, 5) is 29.1. The Morgan fingerprint density at radius 3 is 2.29 bits per heavy atom. The summed E-state index contributed by atoms with van der Waals surface area (Å²) in [6.07, 6.45) is -0.281. The highest BCUT2D eigenvalue weighted by molar-refractivity contribution is 7.92. The molecule has 34 heavy (non-hydrogen) atoms. The number of para-hydroxylation sites is 1. The number of hydroxylamine groups is 2. The van der Waals surface area contributed by atoms with Gasteiger partial charge in [-0.3, -0.25) is 19.1 Å². The second-order valence-electron chi connectivity index (χ2n) is 7.09. The molecule has 10 heteroatoms. The fourth-order valence-electron chi connectivity index (χ4n) is 3.17. The molecule has 0 heterocycles. The fraction of sp³-hybridized carbons (Fsp3) is 0.167. The third-order valence-corrected chi connectivity index (χ3v) is 6.17. The molecule has 178 valence electrons. The molecule has 0 aliphatic rings. The van der Waals surface area contributed by atoms with Gasteiger partial charge in [-0.2, -0.15) is 0 Å². The van der Waals surface area contributed by atoms with Crippen LogP contribution in [-0.4, -0.2) is 44.1 Å². The lowest BCUT2D eigenvalue weighted by Gasteiger charge is -2.19. The minimum absolute atomic E-state index is 0.00647. The van der Waals surface area contributed by atoms with Crippen LogP contribution in [0.1, 0.15) is 22.8 Å². The molecular formula is C24H24N2O7S. The van der Waals surface area contributed by atoms with Gasteiger partial charge in [0.25, 0.3) is 15.9 Å². The summed E-state index contributed by atoms with van der Waals surface area (Å²) in [5.74, 6) is -1.17. The quantitative estimate of drug-likeness (QED) is 0.418. The van der Waals surface area contributed by atoms with Gasteiger partial charge in [0, 0.05) is 17.7 Å². The Morgan fingerprint density at radius 2 is 1.65 bits per heavy atom. The first kappa shape index (κ1) is 24.7. The molecule has 0 fully saturated rings. The highest BCUT2D eigenvalue weighted by Gasteiger charge is 2.21. The van der Waals surface area contributed by atoms with Crippen molar-refractivity contribution in [2.75, 3.05) is 18.4 Å². The van der Waals surface area contributed by atoms with Crippen molar-refractivity contribution in [3.05, 3.63) is 83.9 Å². The molecule has 0 aliphatic carbocycles. The molecular weight excluding hydrogens is 460 g/mol. The van der Waals surface area contributed by atoms with Crippen molar-refractivity contribution in [3.63, 3.8) is 0 Å². The number of hydrogen-bond donors (Lipinski definition) is 2. The monoisotopic (exact) mass is 484 g/mol. The standard InChI is InChI=1S/C24H24N2O7S/c1-3-26(32-2)24(29)18-13-14-22(33-21-12-8-7-9-17(21)16-23(27)28)20(15-18)25-34(30,31)19-10-5-4-6-11-19/h4-15,25H,3,16H2,1-2H3,(H,27,28). The highest BCUT2D eigenvalue weighted by Crippen LogP contribution is 2.34. The van der Waals surface area contributed by atoms with Gasteiger partial charge < -0.3 is 9.84 Å². The van der Waals surface area contributed by atoms with Crippen LogP contribution < -0.4 is 9.46 Å². The van der Waals surface area contributed by atoms with E-state index in [2.05, 4.69) is 4.72 Å². The molecule has 3 aromatic rings. The Morgan fingerprint density at radius 1 is 0.971 bits per heavy atom. The molecule has 0 spiro atoms. The Kier molecular flexibility index (Phi) is 7.87. The molecule has 0 saturated heterocycles. The lowest BCUT2D eigenvalue weighted by Crippen LogP contribution is -2.29. The van der Waals surface area contributed by atoms with Crippen LogP contribution in [0.5, 0.6) is 11.5 Å². The van der Waals surface area contributed by atoms with Crippen molar-refractivity contribution in [3.8, 4) is 11.5 Å². The van der Waals surface area contributed by atoms with Crippen LogP contribution in [0.3, 0.4) is 0 Å². The number of aliphatic carboxylic acids is 1. The second-order valence-corrected chi connectivity index (χ2v) is 8.77. The number of amides is 1. The topological polar surface area (TPSA) is 122 Å². The van der Waals surface area contributed by atoms with Crippen LogP contribution >= 0.6 is 0 Å². The van der Waals surface area contributed by atoms with E-state index in [0.717, 1.165) is 5.06 Å². The molecule has 0 aliphatic heterocycles. The van der Waals surface area contributed by atoms with Gasteiger partial charge in [-0.25, -0.2) is 13.5 Å². The smallest absolute Gasteiger partial charge is 0.307 e. The van der Waals surface area contributed by atoms with E-state index in [-0.39, 0.29) is 40.6 Å². The van der Waals surface area contributed by atoms with E-state index < -0.39 is 21.9 Å². The van der Waals surface area contributed by atoms with Crippen molar-refractivity contribution in [2.45, 2.75) is 18.2 Å². The Balaban J connectivity index is 2.05. The van der Waals surface area contributed by atoms with Gasteiger partial charge in [0.1, 0.15) is 5.75 Å². The van der Waals surface area contributed by atoms with Gasteiger partial charge in [-0.15, -0.1) is 0 Å². The van der Waals surface area contributed by atoms with E-state index in [1.54, 1.807) is 49.4 Å². The average molecular weight is 485 g/mol. The number of rotatable bonds is 10. The number of anilines is 1. The summed E-state index contributed by atoms with van der Waals surface area (Å²) in [5, 5.41) is 10.3. The molecule has 0 aromatic heterocycles. The van der Waals surface area contributed by atoms with Crippen LogP contribution in [0.2, 0.25) is 0 Å². The van der Waals surface area contributed by atoms with Crippen LogP contribution in [0, 0.1) is 0 Å². The zero-order valence-electron chi connectivity index (χ0n) is 18.6. The lowest BCUT2D eigenvalue weighted by atomic mass is 10.1. The first-order valence-electron chi connectivity index (χ1n) is 10.3. The summed E-state index contributed by atoms with van der Waals surface area (Å²) in [7, 11) is -2.65. The fourth-order valence-corrected chi connectivity index (χ4v) is 4.25. The van der Waals surface area contributed by atoms with E-state index in [1.807, 2.05) is 0 Å². The molecule has 1 amide bonds. The highest BCUT2D eigenvalue weighted by atomic mass is 32.2. The lowest BCUT2D eigenvalue weighted by molar-refractivity contribution is -0.136. The summed E-state index contributed by atoms with van der Waals surface area (Å²) >= 11 is 0. The number of hydrogen-bond acceptors (Lipinski definition) is 6. The number of ether oxygens (including phenoxy) is 1. The van der Waals surface area contributed by atoms with Crippen molar-refractivity contribution < 1.29 is 32.7 Å². The first-order chi connectivity index (χ1) is 16.2. The predicted molar refractivity (Wildman–Crippen MR) is 125 cm³/mol. The zero-order chi connectivity index (χ0) is 24.7. The van der Waals surface area contributed by atoms with Gasteiger partial charge in [-0.1, -0.05) is 36.4 Å². The normalized spacial score (nSPS) is 11.0. The second kappa shape index (κ2) is 10.8. The van der Waals surface area contributed by atoms with Crippen LogP contribution in [-0.2, 0) is 26.1 Å². The van der Waals surface area contributed by atoms with E-state index >= 15 is 0 Å². The third kappa shape index (κ3) is 5.91. The van der Waals surface area contributed by atoms with Crippen LogP contribution in [0.15, 0.2) is 77.7 Å². The van der Waals surface area contributed by atoms with Crippen molar-refractivity contribution in [1.29, 1.82) is 0 Å². The number of carbonyl (C=O) groups is 2. The largest absolute Gasteiger partial charge is 0.481 e. The van der Waals surface area contributed by atoms with E-state index in [0.29, 0.717) is 5.56 Å². The molecule has 0 bridgehead atoms. The third-order valence-electron chi connectivity index (χ3n) is 4.79. The number of carboxylic acid groups (broad SMARTS) is 1. The molecule has 9 nitrogen and oxygen atoms in total. The molecule has 3 aromatic carbocycles. The molecule has 3 rings (SSSR count).